The number of aromatic nitrogens is 2. The zero-order chi connectivity index (χ0) is 14.1. The van der Waals surface area contributed by atoms with Gasteiger partial charge < -0.3 is 14.6 Å². The summed E-state index contributed by atoms with van der Waals surface area (Å²) >= 11 is 1.82. The van der Waals surface area contributed by atoms with Crippen LogP contribution in [0, 0.1) is 0 Å². The third-order valence-corrected chi connectivity index (χ3v) is 3.62. The Balaban J connectivity index is 2.44. The molecule has 1 unspecified atom stereocenters. The number of hydrogen-bond donors (Lipinski definition) is 1. The Morgan fingerprint density at radius 1 is 1.42 bits per heavy atom. The van der Waals surface area contributed by atoms with Crippen molar-refractivity contribution >= 4 is 11.8 Å². The summed E-state index contributed by atoms with van der Waals surface area (Å²) in [4.78, 5) is 4.42. The fourth-order valence-electron chi connectivity index (χ4n) is 1.62. The molecule has 0 aliphatic heterocycles. The number of nitrogens with one attached hydrogen (secondary N) is 1. The molecule has 0 radical (unpaired) electrons. The molecule has 0 aromatic carbocycles. The summed E-state index contributed by atoms with van der Waals surface area (Å²) in [7, 11) is 1.71. The van der Waals surface area contributed by atoms with E-state index < -0.39 is 0 Å². The van der Waals surface area contributed by atoms with E-state index in [1.807, 2.05) is 11.8 Å². The molecule has 1 rings (SSSR count). The van der Waals surface area contributed by atoms with Crippen LogP contribution in [-0.2, 0) is 16.9 Å². The van der Waals surface area contributed by atoms with Gasteiger partial charge in [-0.2, -0.15) is 16.7 Å². The highest BCUT2D eigenvalue weighted by molar-refractivity contribution is 7.99. The maximum absolute atomic E-state index is 5.28. The first-order chi connectivity index (χ1) is 9.15. The van der Waals surface area contributed by atoms with E-state index in [0.29, 0.717) is 24.2 Å². The molecule has 1 atom stereocenters. The van der Waals surface area contributed by atoms with Crippen molar-refractivity contribution < 1.29 is 9.26 Å². The van der Waals surface area contributed by atoms with E-state index in [0.717, 1.165) is 24.5 Å². The zero-order valence-electron chi connectivity index (χ0n) is 12.3. The molecule has 0 saturated heterocycles. The normalized spacial score (nSPS) is 13.1. The van der Waals surface area contributed by atoms with Crippen molar-refractivity contribution in [2.75, 3.05) is 20.3 Å². The average molecular weight is 287 g/mol. The molecule has 0 fully saturated rings. The van der Waals surface area contributed by atoms with Crippen LogP contribution in [0.4, 0.5) is 0 Å². The van der Waals surface area contributed by atoms with Crippen molar-refractivity contribution in [1.29, 1.82) is 0 Å². The summed E-state index contributed by atoms with van der Waals surface area (Å²) in [6.07, 6.45) is 1.81. The fraction of sp³-hybridized carbons (Fsp3) is 0.846. The van der Waals surface area contributed by atoms with E-state index >= 15 is 0 Å². The van der Waals surface area contributed by atoms with Crippen LogP contribution in [0.5, 0.6) is 0 Å². The van der Waals surface area contributed by atoms with Crippen LogP contribution >= 0.6 is 11.8 Å². The van der Waals surface area contributed by atoms with Gasteiger partial charge in [-0.1, -0.05) is 25.9 Å². The molecule has 19 heavy (non-hydrogen) atoms. The average Bonchev–Trinajstić information content (AvgIpc) is 2.81. The Morgan fingerprint density at radius 3 is 2.84 bits per heavy atom. The standard InChI is InChI=1S/C13H25N3O2S/c1-5-6-14-11(8-17-4)7-13-15-12(16-18-13)9-19-10(2)3/h10-11,14H,5-9H2,1-4H3. The van der Waals surface area contributed by atoms with Crippen LogP contribution in [0.25, 0.3) is 0 Å². The molecule has 6 heteroatoms. The van der Waals surface area contributed by atoms with Gasteiger partial charge in [0.25, 0.3) is 0 Å². The summed E-state index contributed by atoms with van der Waals surface area (Å²) in [6.45, 7) is 8.09. The van der Waals surface area contributed by atoms with Crippen molar-refractivity contribution in [1.82, 2.24) is 15.5 Å². The minimum atomic E-state index is 0.232. The highest BCUT2D eigenvalue weighted by Crippen LogP contribution is 2.15. The fourth-order valence-corrected chi connectivity index (χ4v) is 2.22. The van der Waals surface area contributed by atoms with E-state index in [2.05, 4.69) is 36.2 Å². The molecule has 1 aromatic rings. The van der Waals surface area contributed by atoms with Gasteiger partial charge in [-0.05, 0) is 18.2 Å². The number of methoxy groups -OCH3 is 1. The first kappa shape index (κ1) is 16.5. The lowest BCUT2D eigenvalue weighted by Gasteiger charge is -2.15. The molecule has 0 aliphatic carbocycles. The van der Waals surface area contributed by atoms with E-state index in [4.69, 9.17) is 9.26 Å². The predicted octanol–water partition coefficient (Wildman–Crippen LogP) is 2.27. The summed E-state index contributed by atoms with van der Waals surface area (Å²) in [5.74, 6) is 2.27. The Morgan fingerprint density at radius 2 is 2.21 bits per heavy atom. The number of thioether (sulfide) groups is 1. The highest BCUT2D eigenvalue weighted by Gasteiger charge is 2.14. The summed E-state index contributed by atoms with van der Waals surface area (Å²) in [6, 6.07) is 0.232. The van der Waals surface area contributed by atoms with Gasteiger partial charge in [0.1, 0.15) is 0 Å². The van der Waals surface area contributed by atoms with Crippen LogP contribution in [0.15, 0.2) is 4.52 Å². The van der Waals surface area contributed by atoms with Gasteiger partial charge in [-0.25, -0.2) is 0 Å². The lowest BCUT2D eigenvalue weighted by Crippen LogP contribution is -2.35. The molecule has 1 N–H and O–H groups in total. The molecule has 0 spiro atoms. The molecule has 0 bridgehead atoms. The Labute approximate surface area is 119 Å². The Hall–Kier alpha value is -0.590. The molecule has 0 aliphatic rings. The lowest BCUT2D eigenvalue weighted by molar-refractivity contribution is 0.161. The monoisotopic (exact) mass is 287 g/mol. The largest absolute Gasteiger partial charge is 0.383 e. The van der Waals surface area contributed by atoms with Crippen LogP contribution < -0.4 is 5.32 Å². The van der Waals surface area contributed by atoms with Crippen molar-refractivity contribution in [3.8, 4) is 0 Å². The maximum Gasteiger partial charge on any atom is 0.228 e. The maximum atomic E-state index is 5.28. The quantitative estimate of drug-likeness (QED) is 0.712. The third-order valence-electron chi connectivity index (χ3n) is 2.53. The molecular formula is C13H25N3O2S. The van der Waals surface area contributed by atoms with Gasteiger partial charge in [0, 0.05) is 19.6 Å². The molecule has 1 aromatic heterocycles. The van der Waals surface area contributed by atoms with Gasteiger partial charge in [-0.3, -0.25) is 0 Å². The zero-order valence-corrected chi connectivity index (χ0v) is 13.1. The second kappa shape index (κ2) is 9.34. The third kappa shape index (κ3) is 6.94. The molecular weight excluding hydrogens is 262 g/mol. The number of hydrogen-bond acceptors (Lipinski definition) is 6. The van der Waals surface area contributed by atoms with Gasteiger partial charge in [0.2, 0.25) is 5.89 Å². The van der Waals surface area contributed by atoms with Crippen LogP contribution in [0.2, 0.25) is 0 Å². The number of rotatable bonds is 10. The first-order valence-electron chi connectivity index (χ1n) is 6.81. The molecule has 1 heterocycles. The SMILES string of the molecule is CCCNC(COC)Cc1nc(CSC(C)C)no1. The molecule has 0 amide bonds. The van der Waals surface area contributed by atoms with Crippen LogP contribution in [0.1, 0.15) is 38.9 Å². The highest BCUT2D eigenvalue weighted by atomic mass is 32.2. The Bertz CT molecular complexity index is 344. The van der Waals surface area contributed by atoms with E-state index in [1.54, 1.807) is 7.11 Å². The van der Waals surface area contributed by atoms with E-state index in [-0.39, 0.29) is 6.04 Å². The molecule has 0 saturated carbocycles. The van der Waals surface area contributed by atoms with Crippen molar-refractivity contribution in [3.63, 3.8) is 0 Å². The van der Waals surface area contributed by atoms with Crippen molar-refractivity contribution in [3.05, 3.63) is 11.7 Å². The topological polar surface area (TPSA) is 60.2 Å². The van der Waals surface area contributed by atoms with Gasteiger partial charge in [-0.15, -0.1) is 0 Å². The van der Waals surface area contributed by atoms with E-state index in [9.17, 15) is 0 Å². The summed E-state index contributed by atoms with van der Waals surface area (Å²) in [5.41, 5.74) is 0. The van der Waals surface area contributed by atoms with Crippen molar-refractivity contribution in [2.45, 2.75) is 50.7 Å². The number of ether oxygens (including phenoxy) is 1. The van der Waals surface area contributed by atoms with E-state index in [1.165, 1.54) is 0 Å². The summed E-state index contributed by atoms with van der Waals surface area (Å²) < 4.78 is 10.5. The Kier molecular flexibility index (Phi) is 8.09. The molecule has 5 nitrogen and oxygen atoms in total. The second-order valence-electron chi connectivity index (χ2n) is 4.77. The minimum Gasteiger partial charge on any atom is -0.383 e. The van der Waals surface area contributed by atoms with Gasteiger partial charge in [0.15, 0.2) is 5.82 Å². The van der Waals surface area contributed by atoms with Gasteiger partial charge in [0.05, 0.1) is 12.4 Å². The molecule has 110 valence electrons. The minimum absolute atomic E-state index is 0.232. The first-order valence-corrected chi connectivity index (χ1v) is 7.86. The predicted molar refractivity (Wildman–Crippen MR) is 78.4 cm³/mol. The lowest BCUT2D eigenvalue weighted by atomic mass is 10.2. The van der Waals surface area contributed by atoms with Crippen molar-refractivity contribution in [2.24, 2.45) is 0 Å². The van der Waals surface area contributed by atoms with Crippen LogP contribution in [0.3, 0.4) is 0 Å². The second-order valence-corrected chi connectivity index (χ2v) is 6.34. The summed E-state index contributed by atoms with van der Waals surface area (Å²) in [5, 5.41) is 8.00. The van der Waals surface area contributed by atoms with Crippen LogP contribution in [-0.4, -0.2) is 41.7 Å². The smallest absolute Gasteiger partial charge is 0.228 e. The number of nitrogens with zero attached hydrogens (tertiary/aromatic N) is 2. The van der Waals surface area contributed by atoms with Gasteiger partial charge >= 0.3 is 0 Å².